The van der Waals surface area contributed by atoms with Gasteiger partial charge in [0.25, 0.3) is 0 Å². The summed E-state index contributed by atoms with van der Waals surface area (Å²) in [7, 11) is 0. The van der Waals surface area contributed by atoms with Crippen LogP contribution in [0.5, 0.6) is 0 Å². The molecule has 0 saturated carbocycles. The van der Waals surface area contributed by atoms with Crippen molar-refractivity contribution in [3.05, 3.63) is 84.3 Å². The Hall–Kier alpha value is -4.30. The van der Waals surface area contributed by atoms with E-state index in [1.54, 1.807) is 0 Å². The summed E-state index contributed by atoms with van der Waals surface area (Å²) in [5.41, 5.74) is 12.4. The van der Waals surface area contributed by atoms with E-state index in [1.165, 1.54) is 0 Å². The second kappa shape index (κ2) is 7.68. The van der Waals surface area contributed by atoms with Gasteiger partial charge in [0.05, 0.1) is 11.2 Å². The first-order valence-electron chi connectivity index (χ1n) is 10.8. The molecule has 1 saturated heterocycles. The van der Waals surface area contributed by atoms with Gasteiger partial charge in [-0.2, -0.15) is 0 Å². The van der Waals surface area contributed by atoms with Gasteiger partial charge in [0.15, 0.2) is 11.5 Å². The van der Waals surface area contributed by atoms with Crippen molar-refractivity contribution < 1.29 is 4.79 Å². The van der Waals surface area contributed by atoms with Crippen molar-refractivity contribution in [3.8, 4) is 22.4 Å². The maximum Gasteiger partial charge on any atom is 0.315 e. The number of nitrogens with one attached hydrogen (secondary N) is 2. The summed E-state index contributed by atoms with van der Waals surface area (Å²) in [6.45, 7) is 0.976. The molecule has 5 aromatic rings. The first-order valence-corrected chi connectivity index (χ1v) is 10.8. The number of rotatable bonds is 4. The van der Waals surface area contributed by atoms with Crippen molar-refractivity contribution >= 4 is 22.6 Å². The number of nitrogens with two attached hydrogens (primary N) is 1. The number of carbonyl (C=O) groups is 1. The molecule has 2 amide bonds. The Morgan fingerprint density at radius 2 is 1.82 bits per heavy atom. The van der Waals surface area contributed by atoms with Gasteiger partial charge < -0.3 is 16.4 Å². The average molecular weight is 435 g/mol. The minimum absolute atomic E-state index is 0.198. The fourth-order valence-electron chi connectivity index (χ4n) is 4.32. The Bertz CT molecular complexity index is 1490. The Morgan fingerprint density at radius 3 is 2.55 bits per heavy atom. The molecular weight excluding hydrogens is 414 g/mol. The van der Waals surface area contributed by atoms with Crippen LogP contribution >= 0.6 is 0 Å². The standard InChI is InChI=1S/C25H21N7O/c26-13-15-6-8-17(9-7-15)22-18(16-4-2-1-3-5-16)12-19-20(28-22)10-11-32-23(19)30-31-24(32)21-14-27-25(33)29-21/h1-12,21H,13-14,26H2,(H2,27,29,33). The van der Waals surface area contributed by atoms with Gasteiger partial charge in [0, 0.05) is 35.8 Å². The molecule has 0 aliphatic carbocycles. The maximum absolute atomic E-state index is 11.6. The van der Waals surface area contributed by atoms with Gasteiger partial charge in [0.2, 0.25) is 0 Å². The molecule has 4 heterocycles. The zero-order valence-corrected chi connectivity index (χ0v) is 17.7. The van der Waals surface area contributed by atoms with Gasteiger partial charge >= 0.3 is 6.03 Å². The topological polar surface area (TPSA) is 110 Å². The molecule has 1 aliphatic heterocycles. The SMILES string of the molecule is NCc1ccc(-c2nc3ccn4c(C5CNC(=O)N5)nnc4c3cc2-c2ccccc2)cc1. The van der Waals surface area contributed by atoms with E-state index in [4.69, 9.17) is 10.7 Å². The third-order valence-electron chi connectivity index (χ3n) is 6.03. The lowest BCUT2D eigenvalue weighted by atomic mass is 9.97. The maximum atomic E-state index is 11.6. The van der Waals surface area contributed by atoms with Crippen molar-refractivity contribution in [3.63, 3.8) is 0 Å². The van der Waals surface area contributed by atoms with Crippen LogP contribution in [0.25, 0.3) is 38.9 Å². The highest BCUT2D eigenvalue weighted by atomic mass is 16.2. The first-order chi connectivity index (χ1) is 16.2. The number of nitrogens with zero attached hydrogens (tertiary/aromatic N) is 4. The second-order valence-electron chi connectivity index (χ2n) is 8.06. The van der Waals surface area contributed by atoms with Crippen molar-refractivity contribution in [2.45, 2.75) is 12.6 Å². The summed E-state index contributed by atoms with van der Waals surface area (Å²) in [6.07, 6.45) is 1.91. The number of benzene rings is 2. The zero-order valence-electron chi connectivity index (χ0n) is 17.7. The van der Waals surface area contributed by atoms with Crippen LogP contribution in [0.2, 0.25) is 0 Å². The van der Waals surface area contributed by atoms with Crippen LogP contribution < -0.4 is 16.4 Å². The highest BCUT2D eigenvalue weighted by molar-refractivity contribution is 5.98. The number of pyridine rings is 2. The molecule has 33 heavy (non-hydrogen) atoms. The molecule has 1 unspecified atom stereocenters. The highest BCUT2D eigenvalue weighted by Crippen LogP contribution is 2.34. The van der Waals surface area contributed by atoms with Gasteiger partial charge in [-0.1, -0.05) is 54.6 Å². The summed E-state index contributed by atoms with van der Waals surface area (Å²) in [6, 6.07) is 22.1. The molecule has 3 aromatic heterocycles. The van der Waals surface area contributed by atoms with Crippen LogP contribution in [0.4, 0.5) is 4.79 Å². The number of fused-ring (bicyclic) bond motifs is 3. The highest BCUT2D eigenvalue weighted by Gasteiger charge is 2.26. The Balaban J connectivity index is 1.57. The van der Waals surface area contributed by atoms with E-state index in [1.807, 2.05) is 47.0 Å². The molecule has 8 heteroatoms. The molecule has 8 nitrogen and oxygen atoms in total. The molecule has 0 radical (unpaired) electrons. The lowest BCUT2D eigenvalue weighted by Gasteiger charge is -2.13. The Morgan fingerprint density at radius 1 is 1.00 bits per heavy atom. The number of hydrogen-bond donors (Lipinski definition) is 3. The van der Waals surface area contributed by atoms with E-state index in [0.29, 0.717) is 24.6 Å². The Kier molecular flexibility index (Phi) is 4.51. The quantitative estimate of drug-likeness (QED) is 0.401. The normalized spacial score (nSPS) is 15.7. The molecule has 4 N–H and O–H groups in total. The summed E-state index contributed by atoms with van der Waals surface area (Å²) in [5, 5.41) is 15.4. The monoisotopic (exact) mass is 435 g/mol. The third-order valence-corrected chi connectivity index (χ3v) is 6.03. The summed E-state index contributed by atoms with van der Waals surface area (Å²) in [4.78, 5) is 16.7. The molecular formula is C25H21N7O. The summed E-state index contributed by atoms with van der Waals surface area (Å²) >= 11 is 0. The van der Waals surface area contributed by atoms with E-state index < -0.39 is 0 Å². The van der Waals surface area contributed by atoms with Crippen LogP contribution in [-0.2, 0) is 6.54 Å². The van der Waals surface area contributed by atoms with Crippen LogP contribution in [-0.4, -0.2) is 32.2 Å². The van der Waals surface area contributed by atoms with Gasteiger partial charge in [-0.05, 0) is 23.3 Å². The van der Waals surface area contributed by atoms with E-state index >= 15 is 0 Å². The fraction of sp³-hybridized carbons (Fsp3) is 0.120. The number of urea groups is 1. The van der Waals surface area contributed by atoms with E-state index in [-0.39, 0.29) is 12.1 Å². The predicted molar refractivity (Wildman–Crippen MR) is 126 cm³/mol. The Labute approximate surface area is 189 Å². The molecule has 162 valence electrons. The largest absolute Gasteiger partial charge is 0.336 e. The fourth-order valence-corrected chi connectivity index (χ4v) is 4.32. The molecule has 1 aliphatic rings. The number of aromatic nitrogens is 4. The van der Waals surface area contributed by atoms with Gasteiger partial charge in [0.1, 0.15) is 6.04 Å². The lowest BCUT2D eigenvalue weighted by molar-refractivity contribution is 0.247. The molecule has 0 spiro atoms. The van der Waals surface area contributed by atoms with Crippen LogP contribution in [0.15, 0.2) is 72.9 Å². The first kappa shape index (κ1) is 19.4. The van der Waals surface area contributed by atoms with Gasteiger partial charge in [-0.15, -0.1) is 10.2 Å². The minimum atomic E-state index is -0.230. The zero-order chi connectivity index (χ0) is 22.4. The summed E-state index contributed by atoms with van der Waals surface area (Å²) in [5.74, 6) is 0.688. The van der Waals surface area contributed by atoms with E-state index in [0.717, 1.165) is 38.9 Å². The molecule has 1 atom stereocenters. The molecule has 2 aromatic carbocycles. The minimum Gasteiger partial charge on any atom is -0.336 e. The number of hydrogen-bond acceptors (Lipinski definition) is 5. The van der Waals surface area contributed by atoms with Crippen molar-refractivity contribution in [2.75, 3.05) is 6.54 Å². The van der Waals surface area contributed by atoms with Gasteiger partial charge in [-0.3, -0.25) is 4.40 Å². The number of carbonyl (C=O) groups excluding carboxylic acids is 1. The molecule has 1 fully saturated rings. The smallest absolute Gasteiger partial charge is 0.315 e. The van der Waals surface area contributed by atoms with Crippen molar-refractivity contribution in [1.82, 2.24) is 30.2 Å². The van der Waals surface area contributed by atoms with Crippen molar-refractivity contribution in [2.24, 2.45) is 5.73 Å². The molecule has 6 rings (SSSR count). The number of amides is 2. The summed E-state index contributed by atoms with van der Waals surface area (Å²) < 4.78 is 1.92. The third kappa shape index (κ3) is 3.28. The average Bonchev–Trinajstić information content (AvgIpc) is 3.50. The van der Waals surface area contributed by atoms with Crippen LogP contribution in [0.3, 0.4) is 0 Å². The van der Waals surface area contributed by atoms with Gasteiger partial charge in [-0.25, -0.2) is 9.78 Å². The van der Waals surface area contributed by atoms with Crippen LogP contribution in [0.1, 0.15) is 17.4 Å². The van der Waals surface area contributed by atoms with Crippen LogP contribution in [0, 0.1) is 0 Å². The van der Waals surface area contributed by atoms with E-state index in [9.17, 15) is 4.79 Å². The van der Waals surface area contributed by atoms with Crippen molar-refractivity contribution in [1.29, 1.82) is 0 Å². The van der Waals surface area contributed by atoms with E-state index in [2.05, 4.69) is 51.2 Å². The second-order valence-corrected chi connectivity index (χ2v) is 8.06. The lowest BCUT2D eigenvalue weighted by Crippen LogP contribution is -2.22. The predicted octanol–water partition coefficient (Wildman–Crippen LogP) is 3.42. The molecule has 0 bridgehead atoms.